The minimum absolute atomic E-state index is 0.591. The smallest absolute Gasteiger partial charge is 0.162 e. The van der Waals surface area contributed by atoms with Gasteiger partial charge in [0.15, 0.2) is 11.5 Å². The molecule has 0 saturated carbocycles. The summed E-state index contributed by atoms with van der Waals surface area (Å²) in [6.07, 6.45) is 1.60. The summed E-state index contributed by atoms with van der Waals surface area (Å²) in [4.78, 5) is 9.66. The third-order valence-electron chi connectivity index (χ3n) is 3.08. The zero-order valence-corrected chi connectivity index (χ0v) is 10.8. The van der Waals surface area contributed by atoms with Crippen LogP contribution in [0.25, 0.3) is 21.5 Å². The first-order chi connectivity index (χ1) is 9.42. The fourth-order valence-electron chi connectivity index (χ4n) is 2.21. The monoisotopic (exact) mass is 270 g/mol. The van der Waals surface area contributed by atoms with Crippen LogP contribution in [0.4, 0.5) is 0 Å². The average molecular weight is 270 g/mol. The summed E-state index contributed by atoms with van der Waals surface area (Å²) in [5, 5.41) is 3.10. The van der Waals surface area contributed by atoms with Crippen LogP contribution in [0.5, 0.6) is 11.5 Å². The third kappa shape index (κ3) is 1.74. The van der Waals surface area contributed by atoms with Gasteiger partial charge in [-0.3, -0.25) is 0 Å². The maximum absolute atomic E-state index is 5.61. The van der Waals surface area contributed by atoms with Gasteiger partial charge in [0.05, 0.1) is 5.69 Å². The molecule has 0 unspecified atom stereocenters. The second-order valence-corrected chi connectivity index (χ2v) is 5.11. The summed E-state index contributed by atoms with van der Waals surface area (Å²) in [6.45, 7) is 1.20. The third-order valence-corrected chi connectivity index (χ3v) is 3.90. The zero-order chi connectivity index (χ0) is 12.7. The van der Waals surface area contributed by atoms with Crippen LogP contribution in [-0.4, -0.2) is 23.2 Å². The van der Waals surface area contributed by atoms with Crippen molar-refractivity contribution in [3.63, 3.8) is 0 Å². The van der Waals surface area contributed by atoms with Gasteiger partial charge in [0.25, 0.3) is 0 Å². The number of fused-ring (bicyclic) bond motifs is 2. The van der Waals surface area contributed by atoms with E-state index in [0.29, 0.717) is 13.2 Å². The van der Waals surface area contributed by atoms with E-state index in [1.165, 1.54) is 0 Å². The van der Waals surface area contributed by atoms with Crippen LogP contribution in [0.1, 0.15) is 0 Å². The van der Waals surface area contributed by atoms with Gasteiger partial charge in [-0.1, -0.05) is 0 Å². The fourth-order valence-corrected chi connectivity index (χ4v) is 2.94. The Kier molecular flexibility index (Phi) is 2.38. The van der Waals surface area contributed by atoms with E-state index in [1.54, 1.807) is 17.7 Å². The van der Waals surface area contributed by atoms with E-state index in [4.69, 9.17) is 9.47 Å². The van der Waals surface area contributed by atoms with Gasteiger partial charge in [-0.05, 0) is 29.6 Å². The second-order valence-electron chi connectivity index (χ2n) is 4.22. The van der Waals surface area contributed by atoms with Gasteiger partial charge in [0.2, 0.25) is 0 Å². The Morgan fingerprint density at radius 1 is 1.00 bits per heavy atom. The molecule has 0 saturated heterocycles. The molecule has 19 heavy (non-hydrogen) atoms. The summed E-state index contributed by atoms with van der Waals surface area (Å²) in [5.41, 5.74) is 1.96. The standard InChI is InChI=1S/C14H10N2O2S/c1-2-11-12(18-5-4-17-11)7-9(1)13-10-3-6-19-14(10)16-8-15-13/h1-3,6-8H,4-5H2. The van der Waals surface area contributed by atoms with Crippen LogP contribution in [0.3, 0.4) is 0 Å². The summed E-state index contributed by atoms with van der Waals surface area (Å²) in [7, 11) is 0. The molecule has 0 bridgehead atoms. The Balaban J connectivity index is 1.90. The van der Waals surface area contributed by atoms with E-state index in [0.717, 1.165) is 33.0 Å². The molecule has 0 radical (unpaired) electrons. The number of ether oxygens (including phenoxy) is 2. The number of thiophene rings is 1. The largest absolute Gasteiger partial charge is 0.486 e. The van der Waals surface area contributed by atoms with Crippen molar-refractivity contribution < 1.29 is 9.47 Å². The number of rotatable bonds is 1. The van der Waals surface area contributed by atoms with Crippen LogP contribution >= 0.6 is 11.3 Å². The van der Waals surface area contributed by atoms with Gasteiger partial charge in [-0.25, -0.2) is 9.97 Å². The number of benzene rings is 1. The Bertz CT molecular complexity index is 754. The average Bonchev–Trinajstić information content (AvgIpc) is 2.95. The molecule has 5 heteroatoms. The molecule has 94 valence electrons. The van der Waals surface area contributed by atoms with Crippen LogP contribution in [-0.2, 0) is 0 Å². The lowest BCUT2D eigenvalue weighted by Crippen LogP contribution is -2.15. The summed E-state index contributed by atoms with van der Waals surface area (Å²) in [5.74, 6) is 1.58. The highest BCUT2D eigenvalue weighted by Gasteiger charge is 2.14. The lowest BCUT2D eigenvalue weighted by Gasteiger charge is -2.18. The number of hydrogen-bond acceptors (Lipinski definition) is 5. The molecular formula is C14H10N2O2S. The van der Waals surface area contributed by atoms with E-state index in [1.807, 2.05) is 29.6 Å². The molecule has 0 fully saturated rings. The molecule has 2 aromatic heterocycles. The van der Waals surface area contributed by atoms with Gasteiger partial charge in [0.1, 0.15) is 24.4 Å². The highest BCUT2D eigenvalue weighted by Crippen LogP contribution is 2.36. The first kappa shape index (κ1) is 10.8. The summed E-state index contributed by atoms with van der Waals surface area (Å²) in [6, 6.07) is 7.97. The van der Waals surface area contributed by atoms with Crippen LogP contribution < -0.4 is 9.47 Å². The molecule has 3 aromatic rings. The van der Waals surface area contributed by atoms with Crippen LogP contribution in [0.2, 0.25) is 0 Å². The van der Waals surface area contributed by atoms with Gasteiger partial charge < -0.3 is 9.47 Å². The van der Waals surface area contributed by atoms with Crippen molar-refractivity contribution in [3.8, 4) is 22.8 Å². The number of nitrogens with zero attached hydrogens (tertiary/aromatic N) is 2. The molecule has 0 atom stereocenters. The predicted octanol–water partition coefficient (Wildman–Crippen LogP) is 3.13. The van der Waals surface area contributed by atoms with E-state index < -0.39 is 0 Å². The molecule has 1 aliphatic rings. The minimum atomic E-state index is 0.591. The zero-order valence-electron chi connectivity index (χ0n) is 10.00. The fraction of sp³-hybridized carbons (Fsp3) is 0.143. The molecule has 3 heterocycles. The van der Waals surface area contributed by atoms with Crippen molar-refractivity contribution in [1.82, 2.24) is 9.97 Å². The maximum atomic E-state index is 5.61. The molecular weight excluding hydrogens is 260 g/mol. The Morgan fingerprint density at radius 2 is 1.89 bits per heavy atom. The van der Waals surface area contributed by atoms with Crippen molar-refractivity contribution in [2.45, 2.75) is 0 Å². The molecule has 1 aromatic carbocycles. The van der Waals surface area contributed by atoms with E-state index in [2.05, 4.69) is 9.97 Å². The summed E-state index contributed by atoms with van der Waals surface area (Å²) >= 11 is 1.62. The normalized spacial score (nSPS) is 13.7. The summed E-state index contributed by atoms with van der Waals surface area (Å²) < 4.78 is 11.1. The number of hydrogen-bond donors (Lipinski definition) is 0. The number of aromatic nitrogens is 2. The van der Waals surface area contributed by atoms with Gasteiger partial charge in [-0.15, -0.1) is 11.3 Å². The highest BCUT2D eigenvalue weighted by atomic mass is 32.1. The first-order valence-corrected chi connectivity index (χ1v) is 6.88. The van der Waals surface area contributed by atoms with Gasteiger partial charge in [0, 0.05) is 10.9 Å². The Hall–Kier alpha value is -2.14. The van der Waals surface area contributed by atoms with Crippen molar-refractivity contribution in [2.24, 2.45) is 0 Å². The van der Waals surface area contributed by atoms with Crippen molar-refractivity contribution in [1.29, 1.82) is 0 Å². The minimum Gasteiger partial charge on any atom is -0.486 e. The maximum Gasteiger partial charge on any atom is 0.162 e. The van der Waals surface area contributed by atoms with Crippen molar-refractivity contribution in [3.05, 3.63) is 36.0 Å². The van der Waals surface area contributed by atoms with E-state index in [9.17, 15) is 0 Å². The van der Waals surface area contributed by atoms with Crippen LogP contribution in [0.15, 0.2) is 36.0 Å². The lowest BCUT2D eigenvalue weighted by molar-refractivity contribution is 0.171. The molecule has 0 amide bonds. The molecule has 4 rings (SSSR count). The second kappa shape index (κ2) is 4.20. The quantitative estimate of drug-likeness (QED) is 0.681. The SMILES string of the molecule is c1nc(-c2ccc3c(c2)OCCO3)c2ccsc2n1. The lowest BCUT2D eigenvalue weighted by atomic mass is 10.1. The van der Waals surface area contributed by atoms with E-state index >= 15 is 0 Å². The predicted molar refractivity (Wildman–Crippen MR) is 73.8 cm³/mol. The molecule has 0 spiro atoms. The first-order valence-electron chi connectivity index (χ1n) is 6.00. The Labute approximate surface area is 113 Å². The van der Waals surface area contributed by atoms with Gasteiger partial charge in [-0.2, -0.15) is 0 Å². The molecule has 4 nitrogen and oxygen atoms in total. The topological polar surface area (TPSA) is 44.2 Å². The van der Waals surface area contributed by atoms with Crippen molar-refractivity contribution in [2.75, 3.05) is 13.2 Å². The van der Waals surface area contributed by atoms with Crippen molar-refractivity contribution >= 4 is 21.6 Å². The van der Waals surface area contributed by atoms with Crippen LogP contribution in [0, 0.1) is 0 Å². The van der Waals surface area contributed by atoms with Gasteiger partial charge >= 0.3 is 0 Å². The molecule has 0 N–H and O–H groups in total. The molecule has 0 aliphatic carbocycles. The Morgan fingerprint density at radius 3 is 2.84 bits per heavy atom. The highest BCUT2D eigenvalue weighted by molar-refractivity contribution is 7.16. The molecule has 1 aliphatic heterocycles. The van der Waals surface area contributed by atoms with E-state index in [-0.39, 0.29) is 0 Å².